The molecule has 1 saturated heterocycles. The van der Waals surface area contributed by atoms with Crippen LogP contribution < -0.4 is 28.4 Å². The molecule has 2 aromatic heterocycles. The average molecular weight is 569 g/mol. The van der Waals surface area contributed by atoms with Crippen LogP contribution in [-0.4, -0.2) is 78.6 Å². The van der Waals surface area contributed by atoms with Gasteiger partial charge < -0.3 is 37.3 Å². The van der Waals surface area contributed by atoms with Crippen molar-refractivity contribution in [3.8, 4) is 34.5 Å². The minimum atomic E-state index is 0.568. The van der Waals surface area contributed by atoms with Gasteiger partial charge in [0.15, 0.2) is 23.0 Å². The highest BCUT2D eigenvalue weighted by Gasteiger charge is 2.26. The van der Waals surface area contributed by atoms with E-state index in [9.17, 15) is 0 Å². The highest BCUT2D eigenvalue weighted by molar-refractivity contribution is 5.94. The van der Waals surface area contributed by atoms with Crippen LogP contribution in [0.3, 0.4) is 0 Å². The predicted octanol–water partition coefficient (Wildman–Crippen LogP) is 5.56. The Kier molecular flexibility index (Phi) is 8.42. The molecule has 4 aromatic rings. The summed E-state index contributed by atoms with van der Waals surface area (Å²) in [6.45, 7) is 9.32. The first-order chi connectivity index (χ1) is 19.9. The van der Waals surface area contributed by atoms with E-state index in [2.05, 4.69) is 23.6 Å². The molecule has 0 aliphatic carbocycles. The molecule has 1 aliphatic rings. The SMILES string of the molecule is COc1cc2oc(CN3CCCN(Cc4oc5cc(OC)c(OC)c(OC)c5c4C)CC3)c(C)c2c(OC)c1OC. The summed E-state index contributed by atoms with van der Waals surface area (Å²) in [7, 11) is 9.73. The van der Waals surface area contributed by atoms with E-state index in [-0.39, 0.29) is 0 Å². The summed E-state index contributed by atoms with van der Waals surface area (Å²) in [4.78, 5) is 4.88. The lowest BCUT2D eigenvalue weighted by Crippen LogP contribution is -2.30. The third-order valence-electron chi connectivity index (χ3n) is 8.06. The monoisotopic (exact) mass is 568 g/mol. The summed E-state index contributed by atoms with van der Waals surface area (Å²) in [6, 6.07) is 3.74. The molecule has 1 aliphatic heterocycles. The maximum absolute atomic E-state index is 6.34. The molecule has 0 saturated carbocycles. The van der Waals surface area contributed by atoms with Crippen LogP contribution in [0.4, 0.5) is 0 Å². The fourth-order valence-electron chi connectivity index (χ4n) is 5.88. The van der Waals surface area contributed by atoms with Gasteiger partial charge >= 0.3 is 0 Å². The summed E-state index contributed by atoms with van der Waals surface area (Å²) >= 11 is 0. The van der Waals surface area contributed by atoms with Crippen molar-refractivity contribution in [2.75, 3.05) is 68.8 Å². The lowest BCUT2D eigenvalue weighted by Gasteiger charge is -2.21. The average Bonchev–Trinajstić information content (AvgIpc) is 3.35. The van der Waals surface area contributed by atoms with E-state index in [1.807, 2.05) is 12.1 Å². The van der Waals surface area contributed by atoms with Crippen molar-refractivity contribution in [1.82, 2.24) is 9.80 Å². The van der Waals surface area contributed by atoms with Gasteiger partial charge in [-0.1, -0.05) is 0 Å². The predicted molar refractivity (Wildman–Crippen MR) is 156 cm³/mol. The third kappa shape index (κ3) is 5.10. The number of furan rings is 2. The maximum atomic E-state index is 6.34. The molecule has 0 atom stereocenters. The first-order valence-electron chi connectivity index (χ1n) is 13.7. The Morgan fingerprint density at radius 3 is 1.29 bits per heavy atom. The molecule has 0 N–H and O–H groups in total. The lowest BCUT2D eigenvalue weighted by atomic mass is 10.1. The van der Waals surface area contributed by atoms with Crippen molar-refractivity contribution in [1.29, 1.82) is 0 Å². The van der Waals surface area contributed by atoms with Crippen LogP contribution in [0.25, 0.3) is 21.9 Å². The minimum Gasteiger partial charge on any atom is -0.493 e. The Hall–Kier alpha value is -3.76. The van der Waals surface area contributed by atoms with Crippen molar-refractivity contribution in [2.45, 2.75) is 33.4 Å². The van der Waals surface area contributed by atoms with Crippen molar-refractivity contribution in [2.24, 2.45) is 0 Å². The Labute approximate surface area is 240 Å². The number of methoxy groups -OCH3 is 6. The summed E-state index contributed by atoms with van der Waals surface area (Å²) in [5.41, 5.74) is 3.56. The van der Waals surface area contributed by atoms with E-state index < -0.39 is 0 Å². The van der Waals surface area contributed by atoms with Crippen molar-refractivity contribution >= 4 is 21.9 Å². The number of benzene rings is 2. The Bertz CT molecular complexity index is 1430. The third-order valence-corrected chi connectivity index (χ3v) is 8.06. The van der Waals surface area contributed by atoms with E-state index in [0.29, 0.717) is 47.6 Å². The van der Waals surface area contributed by atoms with E-state index in [1.165, 1.54) is 0 Å². The number of ether oxygens (including phenoxy) is 6. The van der Waals surface area contributed by atoms with Crippen LogP contribution in [-0.2, 0) is 13.1 Å². The van der Waals surface area contributed by atoms with Crippen LogP contribution in [0.15, 0.2) is 21.0 Å². The minimum absolute atomic E-state index is 0.568. The lowest BCUT2D eigenvalue weighted by molar-refractivity contribution is 0.227. The summed E-state index contributed by atoms with van der Waals surface area (Å²) in [5.74, 6) is 5.40. The number of rotatable bonds is 10. The topological polar surface area (TPSA) is 88.1 Å². The number of nitrogens with zero attached hydrogens (tertiary/aromatic N) is 2. The molecule has 41 heavy (non-hydrogen) atoms. The second kappa shape index (κ2) is 12.0. The van der Waals surface area contributed by atoms with Gasteiger partial charge in [-0.3, -0.25) is 9.80 Å². The van der Waals surface area contributed by atoms with Crippen LogP contribution >= 0.6 is 0 Å². The van der Waals surface area contributed by atoms with Crippen molar-refractivity contribution < 1.29 is 37.3 Å². The van der Waals surface area contributed by atoms with Gasteiger partial charge in [-0.25, -0.2) is 0 Å². The molecule has 10 nitrogen and oxygen atoms in total. The van der Waals surface area contributed by atoms with Gasteiger partial charge in [0.1, 0.15) is 22.7 Å². The molecule has 222 valence electrons. The smallest absolute Gasteiger partial charge is 0.204 e. The Morgan fingerprint density at radius 2 is 0.951 bits per heavy atom. The van der Waals surface area contributed by atoms with Gasteiger partial charge in [0.25, 0.3) is 0 Å². The number of fused-ring (bicyclic) bond motifs is 2. The molecule has 0 radical (unpaired) electrons. The summed E-state index contributed by atoms with van der Waals surface area (Å²) in [6.07, 6.45) is 1.04. The van der Waals surface area contributed by atoms with Gasteiger partial charge in [-0.15, -0.1) is 0 Å². The van der Waals surface area contributed by atoms with Crippen molar-refractivity contribution in [3.05, 3.63) is 34.8 Å². The van der Waals surface area contributed by atoms with Crippen molar-refractivity contribution in [3.63, 3.8) is 0 Å². The second-order valence-electron chi connectivity index (χ2n) is 10.2. The van der Waals surface area contributed by atoms with Gasteiger partial charge in [0, 0.05) is 36.3 Å². The van der Waals surface area contributed by atoms with Crippen LogP contribution in [0.5, 0.6) is 34.5 Å². The molecule has 0 unspecified atom stereocenters. The van der Waals surface area contributed by atoms with Gasteiger partial charge in [0.2, 0.25) is 11.5 Å². The van der Waals surface area contributed by atoms with Crippen LogP contribution in [0.2, 0.25) is 0 Å². The van der Waals surface area contributed by atoms with E-state index in [4.69, 9.17) is 37.3 Å². The largest absolute Gasteiger partial charge is 0.493 e. The first-order valence-corrected chi connectivity index (χ1v) is 13.7. The van der Waals surface area contributed by atoms with Gasteiger partial charge in [0.05, 0.1) is 66.5 Å². The Morgan fingerprint density at radius 1 is 0.561 bits per heavy atom. The Balaban J connectivity index is 1.34. The van der Waals surface area contributed by atoms with E-state index in [1.54, 1.807) is 42.7 Å². The molecule has 2 aromatic carbocycles. The van der Waals surface area contributed by atoms with Gasteiger partial charge in [-0.05, 0) is 33.4 Å². The fraction of sp³-hybridized carbons (Fsp3) is 0.484. The molecule has 0 spiro atoms. The highest BCUT2D eigenvalue weighted by Crippen LogP contribution is 2.47. The number of aryl methyl sites for hydroxylation is 2. The molecular weight excluding hydrogens is 528 g/mol. The molecule has 1 fully saturated rings. The first kappa shape index (κ1) is 28.8. The molecule has 0 bridgehead atoms. The quantitative estimate of drug-likeness (QED) is 0.242. The summed E-state index contributed by atoms with van der Waals surface area (Å²) in [5, 5.41) is 1.83. The standard InChI is InChI=1S/C31H40N2O8/c1-18-24(40-20-14-22(34-3)28(36-5)30(38-7)26(18)20)16-32-10-9-11-33(13-12-32)17-25-19(2)27-21(41-25)15-23(35-4)29(37-6)31(27)39-8/h14-15H,9-13,16-17H2,1-8H3. The highest BCUT2D eigenvalue weighted by atomic mass is 16.5. The second-order valence-corrected chi connectivity index (χ2v) is 10.2. The number of hydrogen-bond acceptors (Lipinski definition) is 10. The molecule has 10 heteroatoms. The maximum Gasteiger partial charge on any atom is 0.204 e. The van der Waals surface area contributed by atoms with E-state index in [0.717, 1.165) is 77.2 Å². The zero-order chi connectivity index (χ0) is 29.3. The van der Waals surface area contributed by atoms with Crippen LogP contribution in [0, 0.1) is 13.8 Å². The number of hydrogen-bond donors (Lipinski definition) is 0. The molecular formula is C31H40N2O8. The summed E-state index contributed by atoms with van der Waals surface area (Å²) < 4.78 is 46.3. The molecule has 0 amide bonds. The molecule has 3 heterocycles. The zero-order valence-electron chi connectivity index (χ0n) is 25.3. The normalized spacial score (nSPS) is 14.8. The van der Waals surface area contributed by atoms with Gasteiger partial charge in [-0.2, -0.15) is 0 Å². The fourth-order valence-corrected chi connectivity index (χ4v) is 5.88. The van der Waals surface area contributed by atoms with Crippen LogP contribution in [0.1, 0.15) is 29.1 Å². The molecule has 5 rings (SSSR count). The van der Waals surface area contributed by atoms with E-state index >= 15 is 0 Å². The zero-order valence-corrected chi connectivity index (χ0v) is 25.3.